The Morgan fingerprint density at radius 3 is 2.85 bits per heavy atom. The largest absolute Gasteiger partial charge is 0.398 e. The maximum atomic E-state index is 9.41. The zero-order chi connectivity index (χ0) is 18.7. The van der Waals surface area contributed by atoms with E-state index in [2.05, 4.69) is 30.9 Å². The van der Waals surface area contributed by atoms with Gasteiger partial charge in [-0.05, 0) is 18.6 Å². The molecule has 10 heteroatoms. The van der Waals surface area contributed by atoms with Crippen LogP contribution < -0.4 is 16.4 Å². The molecular weight excluding hydrogens is 356 g/mol. The van der Waals surface area contributed by atoms with Crippen LogP contribution in [0.25, 0.3) is 11.2 Å². The minimum Gasteiger partial charge on any atom is -0.398 e. The van der Waals surface area contributed by atoms with Crippen molar-refractivity contribution in [2.75, 3.05) is 23.0 Å². The molecule has 1 aromatic carbocycles. The van der Waals surface area contributed by atoms with Gasteiger partial charge in [-0.3, -0.25) is 0 Å². The van der Waals surface area contributed by atoms with Crippen molar-refractivity contribution in [1.82, 2.24) is 25.0 Å². The molecule has 0 aliphatic heterocycles. The smallest absolute Gasteiger partial charge is 0.227 e. The van der Waals surface area contributed by atoms with Crippen LogP contribution >= 0.6 is 11.6 Å². The van der Waals surface area contributed by atoms with E-state index < -0.39 is 0 Å². The molecule has 0 saturated carbocycles. The van der Waals surface area contributed by atoms with Gasteiger partial charge < -0.3 is 21.5 Å². The Hall–Kier alpha value is -2.65. The van der Waals surface area contributed by atoms with Crippen molar-refractivity contribution in [3.8, 4) is 0 Å². The lowest BCUT2D eigenvalue weighted by Crippen LogP contribution is -2.24. The van der Waals surface area contributed by atoms with Crippen LogP contribution in [0.1, 0.15) is 18.9 Å². The first-order valence-electron chi connectivity index (χ1n) is 8.25. The number of aromatic nitrogens is 5. The Morgan fingerprint density at radius 2 is 2.15 bits per heavy atom. The summed E-state index contributed by atoms with van der Waals surface area (Å²) >= 11 is 6.23. The van der Waals surface area contributed by atoms with Gasteiger partial charge in [-0.15, -0.1) is 5.10 Å². The first-order chi connectivity index (χ1) is 12.5. The van der Waals surface area contributed by atoms with Crippen LogP contribution in [0.2, 0.25) is 5.02 Å². The summed E-state index contributed by atoms with van der Waals surface area (Å²) < 4.78 is 1.57. The molecule has 0 fully saturated rings. The van der Waals surface area contributed by atoms with E-state index in [1.54, 1.807) is 29.9 Å². The standard InChI is InChI=1S/C16H21ClN8O/c1-3-9(8-26)20-16-21-14(13-15(22-16)25(2)24-23-13)19-7-10-11(17)5-4-6-12(10)18/h4-6,9,26H,3,7-8,18H2,1-2H3,(H2,19,20,21,22). The molecule has 0 amide bonds. The SMILES string of the molecule is CCC(CO)Nc1nc(NCc2c(N)cccc2Cl)c2nnn(C)c2n1. The number of anilines is 3. The highest BCUT2D eigenvalue weighted by atomic mass is 35.5. The maximum Gasteiger partial charge on any atom is 0.227 e. The Kier molecular flexibility index (Phi) is 5.38. The number of hydrogen-bond donors (Lipinski definition) is 4. The van der Waals surface area contributed by atoms with E-state index in [0.717, 1.165) is 12.0 Å². The number of aliphatic hydroxyl groups is 1. The van der Waals surface area contributed by atoms with Gasteiger partial charge in [0, 0.05) is 29.9 Å². The second-order valence-corrected chi connectivity index (χ2v) is 6.28. The second-order valence-electron chi connectivity index (χ2n) is 5.87. The number of nitrogen functional groups attached to an aromatic ring is 1. The van der Waals surface area contributed by atoms with Gasteiger partial charge in [-0.1, -0.05) is 29.8 Å². The molecule has 1 atom stereocenters. The van der Waals surface area contributed by atoms with E-state index in [-0.39, 0.29) is 12.6 Å². The number of hydrogen-bond acceptors (Lipinski definition) is 8. The van der Waals surface area contributed by atoms with Crippen molar-refractivity contribution in [3.05, 3.63) is 28.8 Å². The lowest BCUT2D eigenvalue weighted by atomic mass is 10.2. The monoisotopic (exact) mass is 376 g/mol. The van der Waals surface area contributed by atoms with Gasteiger partial charge in [-0.2, -0.15) is 9.97 Å². The third kappa shape index (κ3) is 3.63. The Balaban J connectivity index is 1.93. The summed E-state index contributed by atoms with van der Waals surface area (Å²) in [5.74, 6) is 0.899. The van der Waals surface area contributed by atoms with E-state index in [0.29, 0.717) is 40.2 Å². The first-order valence-corrected chi connectivity index (χ1v) is 8.62. The normalized spacial score (nSPS) is 12.3. The lowest BCUT2D eigenvalue weighted by Gasteiger charge is -2.15. The zero-order valence-electron chi connectivity index (χ0n) is 14.6. The average molecular weight is 377 g/mol. The van der Waals surface area contributed by atoms with Crippen LogP contribution in [0.3, 0.4) is 0 Å². The highest BCUT2D eigenvalue weighted by Crippen LogP contribution is 2.25. The van der Waals surface area contributed by atoms with Crippen molar-refractivity contribution < 1.29 is 5.11 Å². The molecule has 0 aliphatic carbocycles. The molecule has 0 saturated heterocycles. The summed E-state index contributed by atoms with van der Waals surface area (Å²) in [5.41, 5.74) is 8.50. The summed E-state index contributed by atoms with van der Waals surface area (Å²) in [7, 11) is 1.76. The van der Waals surface area contributed by atoms with Crippen LogP contribution in [0.15, 0.2) is 18.2 Å². The number of aliphatic hydroxyl groups excluding tert-OH is 1. The fraction of sp³-hybridized carbons (Fsp3) is 0.375. The van der Waals surface area contributed by atoms with Gasteiger partial charge in [0.2, 0.25) is 5.95 Å². The Labute approximate surface area is 155 Å². The van der Waals surface area contributed by atoms with Gasteiger partial charge in [0.1, 0.15) is 0 Å². The number of benzene rings is 1. The predicted octanol–water partition coefficient (Wildman–Crippen LogP) is 1.79. The lowest BCUT2D eigenvalue weighted by molar-refractivity contribution is 0.271. The first kappa shape index (κ1) is 18.2. The number of nitrogens with one attached hydrogen (secondary N) is 2. The molecule has 9 nitrogen and oxygen atoms in total. The molecular formula is C16H21ClN8O. The molecule has 2 heterocycles. The summed E-state index contributed by atoms with van der Waals surface area (Å²) in [4.78, 5) is 8.92. The predicted molar refractivity (Wildman–Crippen MR) is 102 cm³/mol. The van der Waals surface area contributed by atoms with Crippen LogP contribution in [-0.4, -0.2) is 42.7 Å². The van der Waals surface area contributed by atoms with Gasteiger partial charge in [0.25, 0.3) is 0 Å². The van der Waals surface area contributed by atoms with E-state index in [1.165, 1.54) is 0 Å². The number of nitrogens with two attached hydrogens (primary N) is 1. The Bertz CT molecular complexity index is 888. The van der Waals surface area contributed by atoms with E-state index in [4.69, 9.17) is 17.3 Å². The van der Waals surface area contributed by atoms with E-state index >= 15 is 0 Å². The van der Waals surface area contributed by atoms with Gasteiger partial charge in [-0.25, -0.2) is 4.68 Å². The number of aryl methyl sites for hydroxylation is 1. The third-order valence-corrected chi connectivity index (χ3v) is 4.44. The Morgan fingerprint density at radius 1 is 1.35 bits per heavy atom. The second kappa shape index (κ2) is 7.71. The van der Waals surface area contributed by atoms with Gasteiger partial charge >= 0.3 is 0 Å². The van der Waals surface area contributed by atoms with Gasteiger partial charge in [0.15, 0.2) is 17.0 Å². The summed E-state index contributed by atoms with van der Waals surface area (Å²) in [6, 6.07) is 5.24. The van der Waals surface area contributed by atoms with E-state index in [9.17, 15) is 5.11 Å². The molecule has 5 N–H and O–H groups in total. The van der Waals surface area contributed by atoms with Crippen LogP contribution in [0.5, 0.6) is 0 Å². The summed E-state index contributed by atoms with van der Waals surface area (Å²) in [6.07, 6.45) is 0.737. The minimum atomic E-state index is -0.138. The molecule has 1 unspecified atom stereocenters. The highest BCUT2D eigenvalue weighted by molar-refractivity contribution is 6.31. The molecule has 3 rings (SSSR count). The maximum absolute atomic E-state index is 9.41. The zero-order valence-corrected chi connectivity index (χ0v) is 15.3. The third-order valence-electron chi connectivity index (χ3n) is 4.09. The van der Waals surface area contributed by atoms with Crippen molar-refractivity contribution in [3.63, 3.8) is 0 Å². The molecule has 26 heavy (non-hydrogen) atoms. The fourth-order valence-corrected chi connectivity index (χ4v) is 2.74. The topological polar surface area (TPSA) is 127 Å². The fourth-order valence-electron chi connectivity index (χ4n) is 2.50. The summed E-state index contributed by atoms with van der Waals surface area (Å²) in [5, 5.41) is 24.4. The van der Waals surface area contributed by atoms with Crippen LogP contribution in [-0.2, 0) is 13.6 Å². The quantitative estimate of drug-likeness (QED) is 0.459. The molecule has 138 valence electrons. The number of halogens is 1. The number of fused-ring (bicyclic) bond motifs is 1. The highest BCUT2D eigenvalue weighted by Gasteiger charge is 2.16. The van der Waals surface area contributed by atoms with Gasteiger partial charge in [0.05, 0.1) is 12.6 Å². The molecule has 0 spiro atoms. The average Bonchev–Trinajstić information content (AvgIpc) is 3.00. The molecule has 2 aromatic heterocycles. The van der Waals surface area contributed by atoms with Crippen molar-refractivity contribution in [2.24, 2.45) is 7.05 Å². The van der Waals surface area contributed by atoms with Crippen LogP contribution in [0.4, 0.5) is 17.5 Å². The summed E-state index contributed by atoms with van der Waals surface area (Å²) in [6.45, 7) is 2.34. The van der Waals surface area contributed by atoms with E-state index in [1.807, 2.05) is 6.92 Å². The minimum absolute atomic E-state index is 0.0134. The van der Waals surface area contributed by atoms with Crippen molar-refractivity contribution in [2.45, 2.75) is 25.9 Å². The van der Waals surface area contributed by atoms with Crippen molar-refractivity contribution in [1.29, 1.82) is 0 Å². The number of rotatable bonds is 7. The molecule has 0 radical (unpaired) electrons. The molecule has 0 aliphatic rings. The molecule has 0 bridgehead atoms. The molecule has 3 aromatic rings. The van der Waals surface area contributed by atoms with Crippen LogP contribution in [0, 0.1) is 0 Å². The van der Waals surface area contributed by atoms with Crippen molar-refractivity contribution >= 4 is 40.2 Å². The number of nitrogens with zero attached hydrogens (tertiary/aromatic N) is 5.